The van der Waals surface area contributed by atoms with Crippen molar-refractivity contribution in [2.75, 3.05) is 36.5 Å². The van der Waals surface area contributed by atoms with Crippen molar-refractivity contribution in [3.05, 3.63) is 28.8 Å². The van der Waals surface area contributed by atoms with Gasteiger partial charge < -0.3 is 10.2 Å². The number of hydrogen-bond acceptors (Lipinski definition) is 3. The van der Waals surface area contributed by atoms with Crippen LogP contribution in [0.4, 0.5) is 5.69 Å². The minimum Gasteiger partial charge on any atom is -0.369 e. The molecule has 1 unspecified atom stereocenters. The third-order valence-electron chi connectivity index (χ3n) is 3.47. The highest BCUT2D eigenvalue weighted by molar-refractivity contribution is 7.99. The Labute approximate surface area is 119 Å². The van der Waals surface area contributed by atoms with E-state index in [-0.39, 0.29) is 0 Å². The lowest BCUT2D eigenvalue weighted by Crippen LogP contribution is -2.25. The molecule has 1 fully saturated rings. The number of nitrogens with zero attached hydrogens (tertiary/aromatic N) is 1. The Morgan fingerprint density at radius 1 is 1.33 bits per heavy atom. The van der Waals surface area contributed by atoms with E-state index in [1.165, 1.54) is 29.2 Å². The molecule has 0 aromatic heterocycles. The van der Waals surface area contributed by atoms with E-state index < -0.39 is 0 Å². The summed E-state index contributed by atoms with van der Waals surface area (Å²) in [4.78, 5) is 2.41. The molecule has 1 aliphatic heterocycles. The molecule has 1 aromatic rings. The second-order valence-corrected chi connectivity index (χ2v) is 6.31. The maximum absolute atomic E-state index is 6.44. The number of hydrogen-bond donors (Lipinski definition) is 1. The molecule has 0 radical (unpaired) electrons. The quantitative estimate of drug-likeness (QED) is 0.914. The maximum atomic E-state index is 6.44. The smallest absolute Gasteiger partial charge is 0.0642 e. The first-order chi connectivity index (χ1) is 8.72. The molecule has 100 valence electrons. The van der Waals surface area contributed by atoms with Gasteiger partial charge in [-0.2, -0.15) is 11.8 Å². The largest absolute Gasteiger partial charge is 0.369 e. The van der Waals surface area contributed by atoms with Gasteiger partial charge in [0.2, 0.25) is 0 Å². The summed E-state index contributed by atoms with van der Waals surface area (Å²) in [6.45, 7) is 4.37. The van der Waals surface area contributed by atoms with Crippen molar-refractivity contribution in [1.29, 1.82) is 0 Å². The summed E-state index contributed by atoms with van der Waals surface area (Å²) >= 11 is 8.48. The van der Waals surface area contributed by atoms with Gasteiger partial charge in [-0.3, -0.25) is 0 Å². The van der Waals surface area contributed by atoms with Gasteiger partial charge in [0, 0.05) is 24.9 Å². The molecule has 1 N–H and O–H groups in total. The Hall–Kier alpha value is -0.380. The molecular formula is C14H21ClN2S. The summed E-state index contributed by atoms with van der Waals surface area (Å²) < 4.78 is 0. The number of anilines is 1. The summed E-state index contributed by atoms with van der Waals surface area (Å²) in [5, 5.41) is 4.12. The molecule has 0 aliphatic carbocycles. The Morgan fingerprint density at radius 2 is 2.17 bits per heavy atom. The lowest BCUT2D eigenvalue weighted by molar-refractivity contribution is 0.652. The molecule has 0 amide bonds. The molecule has 0 bridgehead atoms. The predicted molar refractivity (Wildman–Crippen MR) is 83.1 cm³/mol. The minimum atomic E-state index is 0.344. The normalized spacial score (nSPS) is 18.5. The number of benzene rings is 1. The fourth-order valence-corrected chi connectivity index (χ4v) is 3.40. The van der Waals surface area contributed by atoms with Crippen molar-refractivity contribution in [3.8, 4) is 0 Å². The zero-order valence-corrected chi connectivity index (χ0v) is 12.7. The molecule has 0 saturated carbocycles. The second kappa shape index (κ2) is 6.69. The fraction of sp³-hybridized carbons (Fsp3) is 0.571. The lowest BCUT2D eigenvalue weighted by Gasteiger charge is -2.24. The molecule has 0 spiro atoms. The van der Waals surface area contributed by atoms with E-state index in [4.69, 9.17) is 11.6 Å². The molecule has 1 aromatic carbocycles. The van der Waals surface area contributed by atoms with Gasteiger partial charge in [-0.1, -0.05) is 17.7 Å². The number of rotatable bonds is 3. The van der Waals surface area contributed by atoms with E-state index in [2.05, 4.69) is 35.3 Å². The van der Waals surface area contributed by atoms with Crippen molar-refractivity contribution in [2.45, 2.75) is 19.4 Å². The van der Waals surface area contributed by atoms with Crippen molar-refractivity contribution < 1.29 is 0 Å². The van der Waals surface area contributed by atoms with Gasteiger partial charge in [0.15, 0.2) is 0 Å². The summed E-state index contributed by atoms with van der Waals surface area (Å²) in [6, 6.07) is 6.79. The average molecular weight is 285 g/mol. The topological polar surface area (TPSA) is 15.3 Å². The monoisotopic (exact) mass is 284 g/mol. The van der Waals surface area contributed by atoms with Crippen molar-refractivity contribution in [3.63, 3.8) is 0 Å². The highest BCUT2D eigenvalue weighted by atomic mass is 35.5. The van der Waals surface area contributed by atoms with E-state index in [1.54, 1.807) is 0 Å². The predicted octanol–water partition coefficient (Wildman–Crippen LogP) is 3.56. The first kappa shape index (κ1) is 14.0. The Morgan fingerprint density at radius 3 is 2.89 bits per heavy atom. The number of halogens is 1. The molecule has 1 heterocycles. The fourth-order valence-electron chi connectivity index (χ4n) is 2.20. The first-order valence-electron chi connectivity index (χ1n) is 6.52. The van der Waals surface area contributed by atoms with Crippen LogP contribution < -0.4 is 10.2 Å². The van der Waals surface area contributed by atoms with Crippen LogP contribution in [0, 0.1) is 0 Å². The van der Waals surface area contributed by atoms with Gasteiger partial charge in [0.1, 0.15) is 0 Å². The van der Waals surface area contributed by atoms with Crippen LogP contribution in [0.5, 0.6) is 0 Å². The Kier molecular flexibility index (Phi) is 5.22. The van der Waals surface area contributed by atoms with E-state index >= 15 is 0 Å². The van der Waals surface area contributed by atoms with Crippen LogP contribution in [0.2, 0.25) is 5.02 Å². The number of thioether (sulfide) groups is 1. The molecule has 2 rings (SSSR count). The molecule has 4 heteroatoms. The molecule has 2 nitrogen and oxygen atoms in total. The van der Waals surface area contributed by atoms with Gasteiger partial charge in [-0.15, -0.1) is 0 Å². The van der Waals surface area contributed by atoms with Crippen molar-refractivity contribution >= 4 is 29.1 Å². The Bertz CT molecular complexity index is 389. The standard InChI is InChI=1S/C14H21ClN2S/c1-11(16-2)12-4-5-14(13(15)10-12)17-6-3-8-18-9-7-17/h4-5,10-11,16H,3,6-9H2,1-2H3. The summed E-state index contributed by atoms with van der Waals surface area (Å²) in [6.07, 6.45) is 1.25. The minimum absolute atomic E-state index is 0.344. The number of nitrogens with one attached hydrogen (secondary N) is 1. The van der Waals surface area contributed by atoms with Gasteiger partial charge in [0.05, 0.1) is 10.7 Å². The maximum Gasteiger partial charge on any atom is 0.0642 e. The van der Waals surface area contributed by atoms with E-state index in [1.807, 2.05) is 18.8 Å². The van der Waals surface area contributed by atoms with Gasteiger partial charge in [0.25, 0.3) is 0 Å². The highest BCUT2D eigenvalue weighted by Gasteiger charge is 2.14. The van der Waals surface area contributed by atoms with Gasteiger partial charge >= 0.3 is 0 Å². The van der Waals surface area contributed by atoms with Crippen LogP contribution in [-0.2, 0) is 0 Å². The van der Waals surface area contributed by atoms with Crippen LogP contribution in [0.3, 0.4) is 0 Å². The van der Waals surface area contributed by atoms with Crippen LogP contribution in [0.1, 0.15) is 24.9 Å². The summed E-state index contributed by atoms with van der Waals surface area (Å²) in [5.74, 6) is 2.47. The molecular weight excluding hydrogens is 264 g/mol. The first-order valence-corrected chi connectivity index (χ1v) is 8.05. The second-order valence-electron chi connectivity index (χ2n) is 4.67. The van der Waals surface area contributed by atoms with E-state index in [9.17, 15) is 0 Å². The average Bonchev–Trinajstić information content (AvgIpc) is 2.66. The van der Waals surface area contributed by atoms with Crippen molar-refractivity contribution in [1.82, 2.24) is 5.32 Å². The van der Waals surface area contributed by atoms with E-state index in [0.717, 1.165) is 18.1 Å². The van der Waals surface area contributed by atoms with Crippen LogP contribution in [0.15, 0.2) is 18.2 Å². The van der Waals surface area contributed by atoms with Crippen LogP contribution in [0.25, 0.3) is 0 Å². The molecule has 1 atom stereocenters. The molecule has 1 aliphatic rings. The van der Waals surface area contributed by atoms with Crippen LogP contribution in [-0.4, -0.2) is 31.6 Å². The van der Waals surface area contributed by atoms with Gasteiger partial charge in [-0.25, -0.2) is 0 Å². The molecule has 18 heavy (non-hydrogen) atoms. The zero-order chi connectivity index (χ0) is 13.0. The highest BCUT2D eigenvalue weighted by Crippen LogP contribution is 2.30. The molecule has 1 saturated heterocycles. The van der Waals surface area contributed by atoms with E-state index in [0.29, 0.717) is 6.04 Å². The SMILES string of the molecule is CNC(C)c1ccc(N2CCCSCC2)c(Cl)c1. The zero-order valence-electron chi connectivity index (χ0n) is 11.1. The third kappa shape index (κ3) is 3.34. The summed E-state index contributed by atoms with van der Waals surface area (Å²) in [5.41, 5.74) is 2.43. The van der Waals surface area contributed by atoms with Crippen molar-refractivity contribution in [2.24, 2.45) is 0 Å². The third-order valence-corrected chi connectivity index (χ3v) is 4.82. The summed E-state index contributed by atoms with van der Waals surface area (Å²) in [7, 11) is 1.97. The lowest BCUT2D eigenvalue weighted by atomic mass is 10.1. The van der Waals surface area contributed by atoms with Crippen LogP contribution >= 0.6 is 23.4 Å². The van der Waals surface area contributed by atoms with Gasteiger partial charge in [-0.05, 0) is 43.8 Å². The Balaban J connectivity index is 2.18.